The van der Waals surface area contributed by atoms with Crippen molar-refractivity contribution in [1.29, 1.82) is 0 Å². The molecule has 66 valence electrons. The number of anilines is 1. The largest absolute Gasteiger partial charge is 0.391 e. The van der Waals surface area contributed by atoms with Crippen molar-refractivity contribution in [3.63, 3.8) is 0 Å². The molecule has 0 unspecified atom stereocenters. The van der Waals surface area contributed by atoms with Crippen LogP contribution in [0.1, 0.15) is 37.4 Å². The monoisotopic (exact) mass is 168 g/mol. The Morgan fingerprint density at radius 1 is 1.42 bits per heavy atom. The van der Waals surface area contributed by atoms with Crippen LogP contribution in [0.15, 0.2) is 9.32 Å². The van der Waals surface area contributed by atoms with Crippen LogP contribution in [0.4, 0.5) is 5.69 Å². The highest BCUT2D eigenvalue weighted by Gasteiger charge is 2.23. The van der Waals surface area contributed by atoms with Gasteiger partial charge in [0.2, 0.25) is 0 Å². The Morgan fingerprint density at radius 2 is 2.08 bits per heavy atom. The molecule has 0 atom stereocenters. The Morgan fingerprint density at radius 3 is 2.58 bits per heavy atom. The number of aromatic amines is 1. The summed E-state index contributed by atoms with van der Waals surface area (Å²) in [5.41, 5.74) is 5.52. The first kappa shape index (κ1) is 7.46. The van der Waals surface area contributed by atoms with Gasteiger partial charge in [0.05, 0.1) is 0 Å². The lowest BCUT2D eigenvalue weighted by molar-refractivity contribution is 0.357. The van der Waals surface area contributed by atoms with E-state index in [1.54, 1.807) is 0 Å². The van der Waals surface area contributed by atoms with Crippen molar-refractivity contribution in [3.8, 4) is 0 Å². The molecule has 0 radical (unpaired) electrons. The molecule has 2 rings (SSSR count). The molecule has 1 aromatic heterocycles. The maximum atomic E-state index is 10.9. The molecule has 0 amide bonds. The molecule has 0 saturated heterocycles. The van der Waals surface area contributed by atoms with E-state index in [-0.39, 0.29) is 11.2 Å². The van der Waals surface area contributed by atoms with E-state index in [1.807, 2.05) is 0 Å². The lowest BCUT2D eigenvalue weighted by Crippen LogP contribution is -2.06. The van der Waals surface area contributed by atoms with E-state index in [9.17, 15) is 4.79 Å². The fourth-order valence-corrected chi connectivity index (χ4v) is 1.81. The van der Waals surface area contributed by atoms with E-state index in [0.717, 1.165) is 12.8 Å². The Bertz CT molecular complexity index is 320. The van der Waals surface area contributed by atoms with Crippen molar-refractivity contribution in [1.82, 2.24) is 5.16 Å². The quantitative estimate of drug-likeness (QED) is 0.662. The summed E-state index contributed by atoms with van der Waals surface area (Å²) in [5, 5.41) is 2.26. The molecule has 3 N–H and O–H groups in total. The Hall–Kier alpha value is -1.19. The van der Waals surface area contributed by atoms with Gasteiger partial charge in [-0.05, 0) is 12.8 Å². The van der Waals surface area contributed by atoms with Gasteiger partial charge < -0.3 is 10.3 Å². The molecule has 0 spiro atoms. The van der Waals surface area contributed by atoms with Gasteiger partial charge in [0.1, 0.15) is 5.69 Å². The summed E-state index contributed by atoms with van der Waals surface area (Å²) in [5.74, 6) is 1.03. The van der Waals surface area contributed by atoms with Crippen LogP contribution in [0, 0.1) is 0 Å². The first-order chi connectivity index (χ1) is 5.79. The third kappa shape index (κ3) is 1.03. The van der Waals surface area contributed by atoms with Gasteiger partial charge >= 0.3 is 5.56 Å². The van der Waals surface area contributed by atoms with Crippen molar-refractivity contribution >= 4 is 5.69 Å². The van der Waals surface area contributed by atoms with Crippen molar-refractivity contribution in [2.75, 3.05) is 5.73 Å². The third-order valence-electron chi connectivity index (χ3n) is 2.49. The smallest absolute Gasteiger partial charge is 0.303 e. The normalized spacial score (nSPS) is 18.7. The minimum atomic E-state index is -0.295. The van der Waals surface area contributed by atoms with Gasteiger partial charge in [-0.15, -0.1) is 0 Å². The number of nitrogens with two attached hydrogens (primary N) is 1. The van der Waals surface area contributed by atoms with Crippen molar-refractivity contribution < 1.29 is 4.52 Å². The lowest BCUT2D eigenvalue weighted by atomic mass is 10.0. The Balaban J connectivity index is 2.32. The summed E-state index contributed by atoms with van der Waals surface area (Å²) in [6.45, 7) is 0. The molecule has 0 aliphatic heterocycles. The number of H-pyrrole nitrogens is 1. The number of aromatic nitrogens is 1. The molecule has 1 aliphatic carbocycles. The minimum Gasteiger partial charge on any atom is -0.391 e. The van der Waals surface area contributed by atoms with Crippen LogP contribution in [0.25, 0.3) is 0 Å². The Labute approximate surface area is 69.7 Å². The average Bonchev–Trinajstić information content (AvgIpc) is 2.64. The molecule has 1 fully saturated rings. The molecule has 0 bridgehead atoms. The van der Waals surface area contributed by atoms with Gasteiger partial charge in [-0.25, -0.2) is 0 Å². The van der Waals surface area contributed by atoms with Crippen LogP contribution in [0.2, 0.25) is 0 Å². The van der Waals surface area contributed by atoms with E-state index in [2.05, 4.69) is 5.16 Å². The molecule has 12 heavy (non-hydrogen) atoms. The second kappa shape index (κ2) is 2.69. The van der Waals surface area contributed by atoms with Crippen LogP contribution in [-0.4, -0.2) is 5.16 Å². The van der Waals surface area contributed by atoms with Gasteiger partial charge in [0.25, 0.3) is 0 Å². The number of rotatable bonds is 1. The number of hydrogen-bond acceptors (Lipinski definition) is 3. The molecule has 0 aromatic carbocycles. The molecule has 1 saturated carbocycles. The fraction of sp³-hybridized carbons (Fsp3) is 0.625. The molecule has 4 heteroatoms. The summed E-state index contributed by atoms with van der Waals surface area (Å²) >= 11 is 0. The zero-order valence-corrected chi connectivity index (χ0v) is 6.80. The number of nitrogen functional groups attached to an aromatic ring is 1. The number of hydrogen-bond donors (Lipinski definition) is 2. The molecular formula is C8H12N2O2. The van der Waals surface area contributed by atoms with Gasteiger partial charge in [-0.3, -0.25) is 4.79 Å². The standard InChI is InChI=1S/C8H12N2O2/c9-6-7(12-10-8(6)11)5-3-1-2-4-5/h5H,1-4,9H2,(H,10,11). The zero-order chi connectivity index (χ0) is 8.55. The highest BCUT2D eigenvalue weighted by molar-refractivity contribution is 5.40. The molecule has 1 aromatic rings. The molecular weight excluding hydrogens is 156 g/mol. The van der Waals surface area contributed by atoms with Gasteiger partial charge in [-0.2, -0.15) is 5.16 Å². The lowest BCUT2D eigenvalue weighted by Gasteiger charge is -2.02. The average molecular weight is 168 g/mol. The summed E-state index contributed by atoms with van der Waals surface area (Å²) in [6, 6.07) is 0. The third-order valence-corrected chi connectivity index (χ3v) is 2.49. The molecule has 4 nitrogen and oxygen atoms in total. The first-order valence-corrected chi connectivity index (χ1v) is 4.26. The molecule has 1 aliphatic rings. The highest BCUT2D eigenvalue weighted by atomic mass is 16.5. The van der Waals surface area contributed by atoms with Crippen LogP contribution in [0.3, 0.4) is 0 Å². The first-order valence-electron chi connectivity index (χ1n) is 4.26. The minimum absolute atomic E-state index is 0.266. The van der Waals surface area contributed by atoms with Crippen molar-refractivity contribution in [2.45, 2.75) is 31.6 Å². The van der Waals surface area contributed by atoms with Crippen molar-refractivity contribution in [3.05, 3.63) is 16.1 Å². The second-order valence-electron chi connectivity index (χ2n) is 3.29. The van der Waals surface area contributed by atoms with E-state index >= 15 is 0 Å². The predicted octanol–water partition coefficient (Wildman–Crippen LogP) is 1.21. The molecule has 1 heterocycles. The van der Waals surface area contributed by atoms with Gasteiger partial charge in [-0.1, -0.05) is 12.8 Å². The number of nitrogens with one attached hydrogen (secondary N) is 1. The zero-order valence-electron chi connectivity index (χ0n) is 6.80. The SMILES string of the molecule is Nc1c(C2CCCC2)o[nH]c1=O. The van der Waals surface area contributed by atoms with Crippen LogP contribution >= 0.6 is 0 Å². The summed E-state index contributed by atoms with van der Waals surface area (Å²) in [4.78, 5) is 10.9. The summed E-state index contributed by atoms with van der Waals surface area (Å²) in [6.07, 6.45) is 4.59. The topological polar surface area (TPSA) is 72.0 Å². The second-order valence-corrected chi connectivity index (χ2v) is 3.29. The maximum Gasteiger partial charge on any atom is 0.303 e. The van der Waals surface area contributed by atoms with Crippen molar-refractivity contribution in [2.24, 2.45) is 0 Å². The van der Waals surface area contributed by atoms with Crippen LogP contribution in [-0.2, 0) is 0 Å². The van der Waals surface area contributed by atoms with Gasteiger partial charge in [0, 0.05) is 5.92 Å². The van der Waals surface area contributed by atoms with Crippen LogP contribution < -0.4 is 11.3 Å². The van der Waals surface area contributed by atoms with E-state index in [4.69, 9.17) is 10.3 Å². The maximum absolute atomic E-state index is 10.9. The highest BCUT2D eigenvalue weighted by Crippen LogP contribution is 2.35. The Kier molecular flexibility index (Phi) is 1.67. The van der Waals surface area contributed by atoms with E-state index in [0.29, 0.717) is 11.7 Å². The fourth-order valence-electron chi connectivity index (χ4n) is 1.81. The van der Waals surface area contributed by atoms with E-state index < -0.39 is 0 Å². The summed E-state index contributed by atoms with van der Waals surface area (Å²) < 4.78 is 5.02. The van der Waals surface area contributed by atoms with E-state index in [1.165, 1.54) is 12.8 Å². The van der Waals surface area contributed by atoms with Crippen LogP contribution in [0.5, 0.6) is 0 Å². The summed E-state index contributed by atoms with van der Waals surface area (Å²) in [7, 11) is 0. The van der Waals surface area contributed by atoms with Gasteiger partial charge in [0.15, 0.2) is 5.76 Å². The predicted molar refractivity (Wildman–Crippen MR) is 45.0 cm³/mol.